The Balaban J connectivity index is 2.22. The number of benzene rings is 2. The molecule has 148 valence electrons. The third-order valence-electron chi connectivity index (χ3n) is 2.86. The molecule has 1 aliphatic heterocycles. The van der Waals surface area contributed by atoms with Gasteiger partial charge in [-0.25, -0.2) is 0 Å². The topological polar surface area (TPSA) is 95.7 Å². The van der Waals surface area contributed by atoms with Crippen LogP contribution in [-0.2, 0) is 35.7 Å². The van der Waals surface area contributed by atoms with Crippen LogP contribution in [0.3, 0.4) is 0 Å². The van der Waals surface area contributed by atoms with Gasteiger partial charge in [0.15, 0.2) is 8.90 Å². The highest BCUT2D eigenvalue weighted by Gasteiger charge is 2.40. The molecule has 0 radical (unpaired) electrons. The van der Waals surface area contributed by atoms with Crippen LogP contribution in [0.25, 0.3) is 0 Å². The number of nitrogens with two attached hydrogens (primary N) is 1. The lowest BCUT2D eigenvalue weighted by Gasteiger charge is -2.12. The number of carbonyl (C=O) groups is 1. The average molecular weight is 427 g/mol. The lowest BCUT2D eigenvalue weighted by atomic mass is 10.0. The molecular weight excluding hydrogens is 399 g/mol. The third kappa shape index (κ3) is 4.28. The summed E-state index contributed by atoms with van der Waals surface area (Å²) in [7, 11) is -6.07. The van der Waals surface area contributed by atoms with E-state index in [0.29, 0.717) is 0 Å². The standard InChI is InChI=1S/C18H14F3NO5S/c19-18(20,21)13-8-6-12(7-9-13)15-14(23)16(17(22)26-15)27-28(24,25)10-11-4-2-1-3-5-11/h1-9,15H,10,22H2/i1D,2D,3D,4D,5D,6D,7D,8D,9D,10D2,15D/hD2. The number of ether oxygens (including phenoxy) is 1. The summed E-state index contributed by atoms with van der Waals surface area (Å²) < 4.78 is 184. The fourth-order valence-corrected chi connectivity index (χ4v) is 2.51. The van der Waals surface area contributed by atoms with Gasteiger partial charge >= 0.3 is 16.3 Å². The first kappa shape index (κ1) is 8.56. The predicted octanol–water partition coefficient (Wildman–Crippen LogP) is 3.02. The molecule has 0 saturated carbocycles. The van der Waals surface area contributed by atoms with E-state index in [1.54, 1.807) is 0 Å². The fraction of sp³-hybridized carbons (Fsp3) is 0.167. The fourth-order valence-electron chi connectivity index (χ4n) is 1.75. The maximum absolute atomic E-state index is 13.3. The molecule has 1 aliphatic rings. The van der Waals surface area contributed by atoms with Crippen molar-refractivity contribution in [2.24, 2.45) is 5.72 Å². The Morgan fingerprint density at radius 3 is 2.43 bits per heavy atom. The van der Waals surface area contributed by atoms with Crippen LogP contribution in [0.1, 0.15) is 39.2 Å². The van der Waals surface area contributed by atoms with Crippen LogP contribution in [0.15, 0.2) is 66.0 Å². The van der Waals surface area contributed by atoms with Crippen molar-refractivity contribution in [3.05, 3.63) is 82.7 Å². The Kier molecular flexibility index (Phi) is 2.20. The predicted molar refractivity (Wildman–Crippen MR) is 91.6 cm³/mol. The van der Waals surface area contributed by atoms with Gasteiger partial charge in [0.05, 0.1) is 22.0 Å². The summed E-state index contributed by atoms with van der Waals surface area (Å²) in [5.74, 6) is -5.63. The van der Waals surface area contributed by atoms with Gasteiger partial charge in [-0.3, -0.25) is 4.79 Å². The second-order valence-corrected chi connectivity index (χ2v) is 6.06. The monoisotopic (exact) mass is 427 g/mol. The van der Waals surface area contributed by atoms with Crippen molar-refractivity contribution in [1.29, 1.82) is 0 Å². The normalized spacial score (nSPS) is 27.6. The van der Waals surface area contributed by atoms with Gasteiger partial charge in [-0.05, 0) is 17.6 Å². The second kappa shape index (κ2) is 7.19. The summed E-state index contributed by atoms with van der Waals surface area (Å²) in [4.78, 5) is 13.2. The van der Waals surface area contributed by atoms with Gasteiger partial charge < -0.3 is 14.6 Å². The van der Waals surface area contributed by atoms with Crippen molar-refractivity contribution < 1.29 is 54.6 Å². The first-order valence-electron chi connectivity index (χ1n) is 13.7. The molecule has 10 heteroatoms. The Morgan fingerprint density at radius 1 is 1.21 bits per heavy atom. The number of rotatable bonds is 6. The third-order valence-corrected chi connectivity index (χ3v) is 3.70. The molecule has 2 N–H and O–H groups in total. The molecular formula is C18H14F3NO5S. The highest BCUT2D eigenvalue weighted by molar-refractivity contribution is 7.86. The van der Waals surface area contributed by atoms with Gasteiger partial charge in [0.1, 0.15) is 5.70 Å². The summed E-state index contributed by atoms with van der Waals surface area (Å²) in [6.07, 6.45) is -9.15. The van der Waals surface area contributed by atoms with E-state index in [0.717, 1.165) is 0 Å². The van der Waals surface area contributed by atoms with Crippen LogP contribution in [0.2, 0.25) is 2.82 Å². The van der Waals surface area contributed by atoms with Gasteiger partial charge in [-0.2, -0.15) is 21.6 Å². The first-order chi connectivity index (χ1) is 18.9. The molecule has 3 rings (SSSR count). The Morgan fingerprint density at radius 2 is 1.86 bits per heavy atom. The highest BCUT2D eigenvalue weighted by atomic mass is 32.2. The minimum Gasteiger partial charge on any atom is -0.460 e. The molecule has 1 atom stereocenters. The molecule has 2 aromatic carbocycles. The average Bonchev–Trinajstić information content (AvgIpc) is 3.10. The summed E-state index contributed by atoms with van der Waals surface area (Å²) in [6.45, 7) is 0. The van der Waals surface area contributed by atoms with E-state index >= 15 is 0 Å². The summed E-state index contributed by atoms with van der Waals surface area (Å²) in [5, 5.41) is 0. The summed E-state index contributed by atoms with van der Waals surface area (Å²) in [5.41, 5.74) is -9.87. The lowest BCUT2D eigenvalue weighted by molar-refractivity contribution is -0.137. The van der Waals surface area contributed by atoms with Crippen molar-refractivity contribution in [2.45, 2.75) is 18.0 Å². The molecule has 0 aromatic heterocycles. The summed E-state index contributed by atoms with van der Waals surface area (Å²) >= 11 is 0. The molecule has 0 saturated heterocycles. The summed E-state index contributed by atoms with van der Waals surface area (Å²) in [6, 6.07) is -12.9. The van der Waals surface area contributed by atoms with Gasteiger partial charge in [0.25, 0.3) is 0 Å². The van der Waals surface area contributed by atoms with Crippen molar-refractivity contribution in [1.82, 2.24) is 0 Å². The van der Waals surface area contributed by atoms with Crippen molar-refractivity contribution in [2.75, 3.05) is 0 Å². The molecule has 0 aliphatic carbocycles. The maximum Gasteiger partial charge on any atom is 0.416 e. The maximum atomic E-state index is 13.3. The van der Waals surface area contributed by atoms with E-state index in [9.17, 15) is 26.4 Å². The van der Waals surface area contributed by atoms with Crippen LogP contribution >= 0.6 is 0 Å². The molecule has 0 amide bonds. The van der Waals surface area contributed by atoms with Crippen LogP contribution < -0.4 is 5.72 Å². The van der Waals surface area contributed by atoms with E-state index in [2.05, 4.69) is 4.18 Å². The van der Waals surface area contributed by atoms with Gasteiger partial charge in [-0.15, -0.1) is 0 Å². The number of carbonyl (C=O) groups excluding carboxylic acids is 1. The zero-order valence-corrected chi connectivity index (χ0v) is 13.8. The van der Waals surface area contributed by atoms with Crippen LogP contribution in [0.5, 0.6) is 0 Å². The van der Waals surface area contributed by atoms with E-state index in [-0.39, 0.29) is 0 Å². The molecule has 28 heavy (non-hydrogen) atoms. The number of Topliss-reactive ketones (excluding diaryl/α,β-unsaturated/α-hetero) is 1. The Hall–Kier alpha value is -3.01. The van der Waals surface area contributed by atoms with Crippen molar-refractivity contribution >= 4 is 15.9 Å². The molecule has 6 nitrogen and oxygen atoms in total. The molecule has 0 spiro atoms. The minimum atomic E-state index is -6.07. The van der Waals surface area contributed by atoms with Crippen LogP contribution in [0.4, 0.5) is 13.2 Å². The van der Waals surface area contributed by atoms with Crippen LogP contribution in [-0.4, -0.2) is 14.2 Å². The zero-order valence-electron chi connectivity index (χ0n) is 27.0. The molecule has 1 unspecified atom stereocenters. The Labute approximate surface area is 178 Å². The number of alkyl halides is 3. The second-order valence-electron chi connectivity index (χ2n) is 4.78. The van der Waals surface area contributed by atoms with E-state index in [1.807, 2.05) is 0 Å². The van der Waals surface area contributed by atoms with Crippen LogP contribution in [0, 0.1) is 0 Å². The number of hydrogen-bond acceptors (Lipinski definition) is 6. The quantitative estimate of drug-likeness (QED) is 0.712. The van der Waals surface area contributed by atoms with Crippen molar-refractivity contribution in [3.63, 3.8) is 0 Å². The zero-order chi connectivity index (χ0) is 32.7. The largest absolute Gasteiger partial charge is 0.460 e. The SMILES string of the molecule is [2H]c1c([2H])c([2H])c(C([2H])([2H])S(=O)(=O)OC2=C(N([2H])[2H])OC([2H])(c3c([2H])c([2H])c(C(F)(F)F)c([2H])c3[2H])C2=O)c([2H])c1[2H]. The molecule has 0 fully saturated rings. The van der Waals surface area contributed by atoms with Gasteiger partial charge in [0.2, 0.25) is 17.4 Å². The minimum absolute atomic E-state index is 0.695. The van der Waals surface area contributed by atoms with E-state index in [1.165, 1.54) is 0 Å². The number of ketones is 1. The van der Waals surface area contributed by atoms with Crippen molar-refractivity contribution in [3.8, 4) is 0 Å². The Bertz CT molecular complexity index is 1620. The van der Waals surface area contributed by atoms with E-state index in [4.69, 9.17) is 24.0 Å². The van der Waals surface area contributed by atoms with Gasteiger partial charge in [-0.1, -0.05) is 42.3 Å². The molecule has 0 bridgehead atoms. The van der Waals surface area contributed by atoms with Gasteiger partial charge in [0, 0.05) is 5.56 Å². The smallest absolute Gasteiger partial charge is 0.416 e. The molecule has 2 aromatic rings. The number of hydrogen-bond donors (Lipinski definition) is 1. The lowest BCUT2D eigenvalue weighted by Crippen LogP contribution is -2.16. The van der Waals surface area contributed by atoms with E-state index < -0.39 is 122 Å². The molecule has 1 heterocycles. The highest BCUT2D eigenvalue weighted by Crippen LogP contribution is 2.35. The first-order valence-corrected chi connectivity index (χ1v) is 8.22. The number of halogens is 3.